The maximum absolute atomic E-state index is 5.31. The van der Waals surface area contributed by atoms with Crippen molar-refractivity contribution in [2.45, 2.75) is 13.5 Å². The van der Waals surface area contributed by atoms with Gasteiger partial charge >= 0.3 is 0 Å². The molecule has 0 saturated heterocycles. The minimum Gasteiger partial charge on any atom is -0.325 e. The van der Waals surface area contributed by atoms with Gasteiger partial charge in [-0.15, -0.1) is 5.10 Å². The normalized spacial score (nSPS) is 9.56. The lowest BCUT2D eigenvalue weighted by Gasteiger charge is -1.94. The van der Waals surface area contributed by atoms with Gasteiger partial charge in [0.05, 0.1) is 11.4 Å². The van der Waals surface area contributed by atoms with Crippen LogP contribution in [0.4, 0.5) is 0 Å². The van der Waals surface area contributed by atoms with Crippen molar-refractivity contribution in [3.05, 3.63) is 17.7 Å². The quantitative estimate of drug-likeness (QED) is 0.555. The summed E-state index contributed by atoms with van der Waals surface area (Å²) in [7, 11) is 0. The van der Waals surface area contributed by atoms with E-state index in [1.54, 1.807) is 0 Å². The summed E-state index contributed by atoms with van der Waals surface area (Å²) in [5, 5.41) is 7.33. The Morgan fingerprint density at radius 1 is 1.67 bits per heavy atom. The van der Waals surface area contributed by atoms with E-state index in [0.29, 0.717) is 6.54 Å². The summed E-state index contributed by atoms with van der Waals surface area (Å²) in [6, 6.07) is 0. The van der Waals surface area contributed by atoms with Gasteiger partial charge in [0.1, 0.15) is 6.33 Å². The van der Waals surface area contributed by atoms with Crippen molar-refractivity contribution in [1.82, 2.24) is 15.2 Å². The van der Waals surface area contributed by atoms with E-state index in [2.05, 4.69) is 15.2 Å². The minimum absolute atomic E-state index is 0.409. The van der Waals surface area contributed by atoms with Crippen molar-refractivity contribution in [2.24, 2.45) is 5.73 Å². The second-order valence-electron chi connectivity index (χ2n) is 1.70. The van der Waals surface area contributed by atoms with Crippen LogP contribution in [-0.4, -0.2) is 15.2 Å². The lowest BCUT2D eigenvalue weighted by Crippen LogP contribution is -2.04. The van der Waals surface area contributed by atoms with Gasteiger partial charge in [-0.2, -0.15) is 5.10 Å². The average Bonchev–Trinajstić information content (AvgIpc) is 1.89. The van der Waals surface area contributed by atoms with E-state index in [9.17, 15) is 0 Å². The molecule has 4 heteroatoms. The lowest BCUT2D eigenvalue weighted by molar-refractivity contribution is 0.835. The molecule has 1 aromatic heterocycles. The maximum Gasteiger partial charge on any atom is 0.138 e. The standard InChI is InChI=1S/C5H8N4/c1-4-5(2-6)9-8-3-7-4/h3H,2,6H2,1H3. The summed E-state index contributed by atoms with van der Waals surface area (Å²) >= 11 is 0. The Morgan fingerprint density at radius 3 is 2.89 bits per heavy atom. The lowest BCUT2D eigenvalue weighted by atomic mass is 10.3. The first kappa shape index (κ1) is 6.10. The zero-order valence-electron chi connectivity index (χ0n) is 5.20. The molecule has 0 aliphatic heterocycles. The van der Waals surface area contributed by atoms with Crippen LogP contribution in [0.5, 0.6) is 0 Å². The maximum atomic E-state index is 5.31. The molecule has 0 atom stereocenters. The molecule has 0 amide bonds. The molecule has 0 unspecified atom stereocenters. The summed E-state index contributed by atoms with van der Waals surface area (Å²) in [6.07, 6.45) is 1.41. The first-order chi connectivity index (χ1) is 4.34. The Kier molecular flexibility index (Phi) is 1.69. The molecule has 0 bridgehead atoms. The predicted octanol–water partition coefficient (Wildman–Crippen LogP) is -0.361. The summed E-state index contributed by atoms with van der Waals surface area (Å²) < 4.78 is 0. The molecule has 0 fully saturated rings. The van der Waals surface area contributed by atoms with Gasteiger partial charge in [0.25, 0.3) is 0 Å². The highest BCUT2D eigenvalue weighted by atomic mass is 15.1. The monoisotopic (exact) mass is 124 g/mol. The van der Waals surface area contributed by atoms with E-state index in [4.69, 9.17) is 5.73 Å². The van der Waals surface area contributed by atoms with Gasteiger partial charge < -0.3 is 5.73 Å². The molecule has 1 heterocycles. The van der Waals surface area contributed by atoms with Crippen LogP contribution in [0.3, 0.4) is 0 Å². The summed E-state index contributed by atoms with van der Waals surface area (Å²) in [5.74, 6) is 0. The van der Waals surface area contributed by atoms with Crippen LogP contribution in [0, 0.1) is 6.92 Å². The van der Waals surface area contributed by atoms with Crippen molar-refractivity contribution >= 4 is 0 Å². The second-order valence-corrected chi connectivity index (χ2v) is 1.70. The van der Waals surface area contributed by atoms with Crippen molar-refractivity contribution in [3.63, 3.8) is 0 Å². The Bertz CT molecular complexity index is 198. The zero-order valence-corrected chi connectivity index (χ0v) is 5.20. The van der Waals surface area contributed by atoms with Crippen molar-refractivity contribution in [3.8, 4) is 0 Å². The molecule has 1 rings (SSSR count). The largest absolute Gasteiger partial charge is 0.325 e. The Morgan fingerprint density at radius 2 is 2.44 bits per heavy atom. The molecule has 0 radical (unpaired) electrons. The zero-order chi connectivity index (χ0) is 6.69. The van der Waals surface area contributed by atoms with Gasteiger partial charge in [0, 0.05) is 6.54 Å². The Labute approximate surface area is 53.1 Å². The van der Waals surface area contributed by atoms with Crippen LogP contribution in [0.15, 0.2) is 6.33 Å². The van der Waals surface area contributed by atoms with Crippen LogP contribution in [0.25, 0.3) is 0 Å². The van der Waals surface area contributed by atoms with Crippen LogP contribution in [0.1, 0.15) is 11.4 Å². The summed E-state index contributed by atoms with van der Waals surface area (Å²) in [5.41, 5.74) is 6.92. The summed E-state index contributed by atoms with van der Waals surface area (Å²) in [6.45, 7) is 2.27. The van der Waals surface area contributed by atoms with E-state index in [0.717, 1.165) is 11.4 Å². The number of nitrogens with zero attached hydrogens (tertiary/aromatic N) is 3. The van der Waals surface area contributed by atoms with Crippen molar-refractivity contribution < 1.29 is 0 Å². The molecule has 2 N–H and O–H groups in total. The third-order valence-corrected chi connectivity index (χ3v) is 1.09. The van der Waals surface area contributed by atoms with Gasteiger partial charge in [-0.25, -0.2) is 4.98 Å². The second kappa shape index (κ2) is 2.50. The first-order valence-corrected chi connectivity index (χ1v) is 2.68. The molecular weight excluding hydrogens is 116 g/mol. The number of aromatic nitrogens is 3. The third kappa shape index (κ3) is 1.20. The molecule has 1 aromatic rings. The molecule has 48 valence electrons. The fourth-order valence-electron chi connectivity index (χ4n) is 0.543. The van der Waals surface area contributed by atoms with Crippen molar-refractivity contribution in [1.29, 1.82) is 0 Å². The minimum atomic E-state index is 0.409. The molecular formula is C5H8N4. The first-order valence-electron chi connectivity index (χ1n) is 2.68. The Hall–Kier alpha value is -1.03. The molecule has 0 aromatic carbocycles. The third-order valence-electron chi connectivity index (χ3n) is 1.09. The van der Waals surface area contributed by atoms with Gasteiger partial charge in [-0.3, -0.25) is 0 Å². The predicted molar refractivity (Wildman–Crippen MR) is 32.5 cm³/mol. The average molecular weight is 124 g/mol. The molecule has 9 heavy (non-hydrogen) atoms. The molecule has 0 aliphatic rings. The van der Waals surface area contributed by atoms with E-state index in [-0.39, 0.29) is 0 Å². The van der Waals surface area contributed by atoms with Crippen LogP contribution >= 0.6 is 0 Å². The van der Waals surface area contributed by atoms with E-state index >= 15 is 0 Å². The highest BCUT2D eigenvalue weighted by molar-refractivity contribution is 5.04. The van der Waals surface area contributed by atoms with E-state index in [1.807, 2.05) is 6.92 Å². The van der Waals surface area contributed by atoms with Crippen LogP contribution in [-0.2, 0) is 6.54 Å². The fourth-order valence-corrected chi connectivity index (χ4v) is 0.543. The van der Waals surface area contributed by atoms with Gasteiger partial charge in [-0.05, 0) is 6.92 Å². The number of nitrogens with two attached hydrogens (primary N) is 1. The highest BCUT2D eigenvalue weighted by Crippen LogP contribution is 1.93. The Balaban J connectivity index is 3.01. The number of aryl methyl sites for hydroxylation is 1. The smallest absolute Gasteiger partial charge is 0.138 e. The SMILES string of the molecule is Cc1ncnnc1CN. The van der Waals surface area contributed by atoms with E-state index in [1.165, 1.54) is 6.33 Å². The topological polar surface area (TPSA) is 64.7 Å². The fraction of sp³-hybridized carbons (Fsp3) is 0.400. The van der Waals surface area contributed by atoms with Gasteiger partial charge in [0.15, 0.2) is 0 Å². The van der Waals surface area contributed by atoms with Crippen molar-refractivity contribution in [2.75, 3.05) is 0 Å². The number of rotatable bonds is 1. The molecule has 0 aliphatic carbocycles. The number of hydrogen-bond donors (Lipinski definition) is 1. The summed E-state index contributed by atoms with van der Waals surface area (Å²) in [4.78, 5) is 3.90. The highest BCUT2D eigenvalue weighted by Gasteiger charge is 1.94. The van der Waals surface area contributed by atoms with E-state index < -0.39 is 0 Å². The van der Waals surface area contributed by atoms with Gasteiger partial charge in [-0.1, -0.05) is 0 Å². The van der Waals surface area contributed by atoms with Crippen LogP contribution in [0.2, 0.25) is 0 Å². The number of hydrogen-bond acceptors (Lipinski definition) is 4. The molecule has 0 spiro atoms. The van der Waals surface area contributed by atoms with Crippen LogP contribution < -0.4 is 5.73 Å². The molecule has 0 saturated carbocycles. The molecule has 4 nitrogen and oxygen atoms in total. The van der Waals surface area contributed by atoms with Gasteiger partial charge in [0.2, 0.25) is 0 Å².